The Morgan fingerprint density at radius 1 is 1.10 bits per heavy atom. The summed E-state index contributed by atoms with van der Waals surface area (Å²) in [5, 5.41) is 11.7. The molecule has 0 aliphatic heterocycles. The number of nitrogens with zero attached hydrogens (tertiary/aromatic N) is 2. The van der Waals surface area contributed by atoms with Crippen LogP contribution in [-0.2, 0) is 10.2 Å². The third-order valence-corrected chi connectivity index (χ3v) is 3.64. The maximum absolute atomic E-state index is 12.5. The van der Waals surface area contributed by atoms with E-state index in [1.165, 1.54) is 12.4 Å². The molecule has 1 heterocycles. The minimum Gasteiger partial charge on any atom is -0.476 e. The number of benzene rings is 1. The molecule has 1 fully saturated rings. The van der Waals surface area contributed by atoms with Crippen LogP contribution < -0.4 is 5.32 Å². The molecule has 0 atom stereocenters. The van der Waals surface area contributed by atoms with Crippen molar-refractivity contribution in [1.29, 1.82) is 0 Å². The summed E-state index contributed by atoms with van der Waals surface area (Å²) in [5.74, 6) is -1.48. The second-order valence-electron chi connectivity index (χ2n) is 4.96. The summed E-state index contributed by atoms with van der Waals surface area (Å²) in [6.45, 7) is 0. The first-order valence-corrected chi connectivity index (χ1v) is 6.55. The number of hydrogen-bond acceptors (Lipinski definition) is 4. The van der Waals surface area contributed by atoms with Gasteiger partial charge in [-0.3, -0.25) is 4.79 Å². The average Bonchev–Trinajstić information content (AvgIpc) is 3.30. The van der Waals surface area contributed by atoms with Crippen LogP contribution in [0.4, 0.5) is 5.82 Å². The number of nitrogens with one attached hydrogen (secondary N) is 1. The molecule has 6 nitrogen and oxygen atoms in total. The normalized spacial score (nSPS) is 15.2. The van der Waals surface area contributed by atoms with Gasteiger partial charge in [0.15, 0.2) is 11.5 Å². The summed E-state index contributed by atoms with van der Waals surface area (Å²) < 4.78 is 0. The summed E-state index contributed by atoms with van der Waals surface area (Å²) in [5.41, 5.74) is 0.104. The van der Waals surface area contributed by atoms with Crippen LogP contribution in [0.3, 0.4) is 0 Å². The second-order valence-corrected chi connectivity index (χ2v) is 4.96. The zero-order valence-electron chi connectivity index (χ0n) is 11.1. The molecule has 2 N–H and O–H groups in total. The van der Waals surface area contributed by atoms with Crippen LogP contribution in [-0.4, -0.2) is 27.0 Å². The minimum atomic E-state index is -1.22. The second kappa shape index (κ2) is 4.97. The molecule has 0 spiro atoms. The third kappa shape index (κ3) is 2.35. The smallest absolute Gasteiger partial charge is 0.358 e. The lowest BCUT2D eigenvalue weighted by Gasteiger charge is -2.15. The molecule has 21 heavy (non-hydrogen) atoms. The van der Waals surface area contributed by atoms with E-state index in [-0.39, 0.29) is 17.4 Å². The van der Waals surface area contributed by atoms with Gasteiger partial charge in [0, 0.05) is 12.4 Å². The largest absolute Gasteiger partial charge is 0.476 e. The Morgan fingerprint density at radius 2 is 1.76 bits per heavy atom. The number of carboxylic acids is 1. The molecule has 1 aliphatic rings. The zero-order valence-corrected chi connectivity index (χ0v) is 11.1. The fourth-order valence-electron chi connectivity index (χ4n) is 2.34. The van der Waals surface area contributed by atoms with Crippen LogP contribution in [0.1, 0.15) is 28.9 Å². The van der Waals surface area contributed by atoms with Gasteiger partial charge in [-0.1, -0.05) is 30.3 Å². The molecule has 0 unspecified atom stereocenters. The molecule has 1 amide bonds. The summed E-state index contributed by atoms with van der Waals surface area (Å²) in [7, 11) is 0. The Balaban J connectivity index is 1.87. The van der Waals surface area contributed by atoms with Gasteiger partial charge in [0.05, 0.1) is 5.41 Å². The fraction of sp³-hybridized carbons (Fsp3) is 0.200. The molecule has 106 valence electrons. The molecule has 1 saturated carbocycles. The van der Waals surface area contributed by atoms with Gasteiger partial charge < -0.3 is 10.4 Å². The van der Waals surface area contributed by atoms with E-state index in [9.17, 15) is 9.59 Å². The fourth-order valence-corrected chi connectivity index (χ4v) is 2.34. The lowest BCUT2D eigenvalue weighted by Crippen LogP contribution is -2.29. The Morgan fingerprint density at radius 3 is 2.38 bits per heavy atom. The maximum Gasteiger partial charge on any atom is 0.358 e. The first-order valence-electron chi connectivity index (χ1n) is 6.55. The lowest BCUT2D eigenvalue weighted by molar-refractivity contribution is -0.118. The van der Waals surface area contributed by atoms with Crippen molar-refractivity contribution in [3.8, 4) is 0 Å². The molecule has 0 saturated heterocycles. The average molecular weight is 283 g/mol. The first-order chi connectivity index (χ1) is 10.1. The highest BCUT2D eigenvalue weighted by atomic mass is 16.4. The number of aromatic nitrogens is 2. The third-order valence-electron chi connectivity index (χ3n) is 3.64. The number of carboxylic acid groups (broad SMARTS) is 1. The van der Waals surface area contributed by atoms with Gasteiger partial charge >= 0.3 is 5.97 Å². The molecule has 1 aliphatic carbocycles. The standard InChI is InChI=1S/C15H13N3O3/c19-13(20)11-12(17-9-8-16-11)18-14(21)15(6-7-15)10-4-2-1-3-5-10/h1-5,8-9H,6-7H2,(H,19,20)(H,17,18,21). The quantitative estimate of drug-likeness (QED) is 0.893. The van der Waals surface area contributed by atoms with Crippen LogP contribution in [0.25, 0.3) is 0 Å². The molecular weight excluding hydrogens is 270 g/mol. The Labute approximate surface area is 120 Å². The Kier molecular flexibility index (Phi) is 3.13. The number of amides is 1. The highest BCUT2D eigenvalue weighted by Gasteiger charge is 2.51. The summed E-state index contributed by atoms with van der Waals surface area (Å²) in [6.07, 6.45) is 4.12. The lowest BCUT2D eigenvalue weighted by atomic mass is 9.95. The summed E-state index contributed by atoms with van der Waals surface area (Å²) in [6, 6.07) is 9.47. The van der Waals surface area contributed by atoms with Crippen LogP contribution in [0.2, 0.25) is 0 Å². The van der Waals surface area contributed by atoms with E-state index in [1.54, 1.807) is 0 Å². The van der Waals surface area contributed by atoms with Crippen molar-refractivity contribution in [2.75, 3.05) is 5.32 Å². The minimum absolute atomic E-state index is 0.0165. The van der Waals surface area contributed by atoms with Crippen molar-refractivity contribution in [2.24, 2.45) is 0 Å². The Bertz CT molecular complexity index is 696. The van der Waals surface area contributed by atoms with Crippen LogP contribution in [0, 0.1) is 0 Å². The molecular formula is C15H13N3O3. The maximum atomic E-state index is 12.5. The van der Waals surface area contributed by atoms with Crippen LogP contribution in [0.5, 0.6) is 0 Å². The van der Waals surface area contributed by atoms with Gasteiger partial charge in [-0.05, 0) is 18.4 Å². The number of rotatable bonds is 4. The van der Waals surface area contributed by atoms with Gasteiger partial charge in [0.25, 0.3) is 0 Å². The van der Waals surface area contributed by atoms with Crippen LogP contribution in [0.15, 0.2) is 42.7 Å². The first kappa shape index (κ1) is 13.2. The highest BCUT2D eigenvalue weighted by Crippen LogP contribution is 2.48. The molecule has 6 heteroatoms. The molecule has 0 radical (unpaired) electrons. The predicted molar refractivity (Wildman–Crippen MR) is 75.0 cm³/mol. The summed E-state index contributed by atoms with van der Waals surface area (Å²) in [4.78, 5) is 31.2. The van der Waals surface area contributed by atoms with E-state index in [1.807, 2.05) is 30.3 Å². The van der Waals surface area contributed by atoms with Gasteiger partial charge in [-0.25, -0.2) is 14.8 Å². The van der Waals surface area contributed by atoms with E-state index >= 15 is 0 Å². The number of anilines is 1. The molecule has 1 aromatic heterocycles. The van der Waals surface area contributed by atoms with Crippen molar-refractivity contribution in [3.63, 3.8) is 0 Å². The van der Waals surface area contributed by atoms with Crippen molar-refractivity contribution in [2.45, 2.75) is 18.3 Å². The number of hydrogen-bond donors (Lipinski definition) is 2. The van der Waals surface area contributed by atoms with Crippen molar-refractivity contribution < 1.29 is 14.7 Å². The van der Waals surface area contributed by atoms with E-state index < -0.39 is 11.4 Å². The molecule has 0 bridgehead atoms. The molecule has 1 aromatic carbocycles. The number of carbonyl (C=O) groups is 2. The Hall–Kier alpha value is -2.76. The van der Waals surface area contributed by atoms with Gasteiger partial charge in [-0.2, -0.15) is 0 Å². The van der Waals surface area contributed by atoms with Gasteiger partial charge in [0.1, 0.15) is 0 Å². The van der Waals surface area contributed by atoms with Gasteiger partial charge in [-0.15, -0.1) is 0 Å². The van der Waals surface area contributed by atoms with Crippen molar-refractivity contribution in [3.05, 3.63) is 54.0 Å². The SMILES string of the molecule is O=C(O)c1nccnc1NC(=O)C1(c2ccccc2)CC1. The van der Waals surface area contributed by atoms with Crippen molar-refractivity contribution in [1.82, 2.24) is 9.97 Å². The molecule has 3 rings (SSSR count). The number of carbonyl (C=O) groups excluding carboxylic acids is 1. The van der Waals surface area contributed by atoms with E-state index in [0.29, 0.717) is 0 Å². The molecule has 2 aromatic rings. The predicted octanol–water partition coefficient (Wildman–Crippen LogP) is 1.85. The number of aromatic carboxylic acids is 1. The summed E-state index contributed by atoms with van der Waals surface area (Å²) >= 11 is 0. The van der Waals surface area contributed by atoms with E-state index in [4.69, 9.17) is 5.11 Å². The van der Waals surface area contributed by atoms with E-state index in [0.717, 1.165) is 18.4 Å². The zero-order chi connectivity index (χ0) is 14.9. The monoisotopic (exact) mass is 283 g/mol. The topological polar surface area (TPSA) is 92.2 Å². The van der Waals surface area contributed by atoms with Crippen LogP contribution >= 0.6 is 0 Å². The highest BCUT2D eigenvalue weighted by molar-refractivity contribution is 6.04. The van der Waals surface area contributed by atoms with E-state index in [2.05, 4.69) is 15.3 Å². The van der Waals surface area contributed by atoms with Gasteiger partial charge in [0.2, 0.25) is 5.91 Å². The van der Waals surface area contributed by atoms with Crippen molar-refractivity contribution >= 4 is 17.7 Å².